The maximum Gasteiger partial charge on any atom is 0.416 e. The molecule has 0 aromatic heterocycles. The van der Waals surface area contributed by atoms with Crippen LogP contribution in [0.4, 0.5) is 13.2 Å². The Labute approximate surface area is 189 Å². The molecule has 172 valence electrons. The average Bonchev–Trinajstić information content (AvgIpc) is 2.69. The number of piperidine rings is 1. The van der Waals surface area contributed by atoms with Crippen LogP contribution in [0.15, 0.2) is 48.5 Å². The summed E-state index contributed by atoms with van der Waals surface area (Å²) in [6.45, 7) is 8.85. The molecule has 2 aromatic rings. The Hall–Kier alpha value is -1.56. The predicted octanol–water partition coefficient (Wildman–Crippen LogP) is 6.41. The fourth-order valence-electron chi connectivity index (χ4n) is 4.33. The maximum absolute atomic E-state index is 13.0. The first-order valence-electron chi connectivity index (χ1n) is 10.8. The molecule has 1 fully saturated rings. The normalized spacial score (nSPS) is 17.9. The topological polar surface area (TPSA) is 23.5 Å². The van der Waals surface area contributed by atoms with Crippen LogP contribution in [0.5, 0.6) is 0 Å². The zero-order valence-electron chi connectivity index (χ0n) is 18.5. The highest BCUT2D eigenvalue weighted by Gasteiger charge is 2.37. The van der Waals surface area contributed by atoms with E-state index in [0.29, 0.717) is 43.3 Å². The molecule has 6 heteroatoms. The van der Waals surface area contributed by atoms with Gasteiger partial charge in [-0.15, -0.1) is 12.4 Å². The maximum atomic E-state index is 13.0. The number of likely N-dealkylation sites (tertiary alicyclic amines) is 1. The van der Waals surface area contributed by atoms with E-state index in [1.165, 1.54) is 17.2 Å². The van der Waals surface area contributed by atoms with Gasteiger partial charge in [-0.25, -0.2) is 0 Å². The van der Waals surface area contributed by atoms with Crippen molar-refractivity contribution in [1.82, 2.24) is 4.90 Å². The minimum atomic E-state index is -4.40. The predicted molar refractivity (Wildman–Crippen MR) is 122 cm³/mol. The standard InChI is InChI=1S/C25H32F3NO.ClH/c1-18(2)15-20-7-9-21(10-8-20)19(3)17-29-13-11-24(30,12-14-29)22-5-4-6-23(16-22)25(26,27)28;/h4-10,16,18-19,30H,11-15,17H2,1-3H3;1H/t19-;/m1./s1. The fourth-order valence-corrected chi connectivity index (χ4v) is 4.33. The SMILES string of the molecule is CC(C)Cc1ccc([C@H](C)CN2CCC(O)(c3cccc(C(F)(F)F)c3)CC2)cc1.Cl. The number of hydrogen-bond acceptors (Lipinski definition) is 2. The summed E-state index contributed by atoms with van der Waals surface area (Å²) in [6.07, 6.45) is -2.44. The first kappa shape index (κ1) is 25.7. The summed E-state index contributed by atoms with van der Waals surface area (Å²) in [5.41, 5.74) is 1.11. The Morgan fingerprint density at radius 3 is 2.16 bits per heavy atom. The van der Waals surface area contributed by atoms with Gasteiger partial charge in [-0.05, 0) is 59.9 Å². The zero-order chi connectivity index (χ0) is 21.9. The molecule has 1 N–H and O–H groups in total. The van der Waals surface area contributed by atoms with Crippen LogP contribution >= 0.6 is 12.4 Å². The van der Waals surface area contributed by atoms with Crippen molar-refractivity contribution in [1.29, 1.82) is 0 Å². The lowest BCUT2D eigenvalue weighted by molar-refractivity contribution is -0.137. The van der Waals surface area contributed by atoms with Gasteiger partial charge < -0.3 is 10.0 Å². The van der Waals surface area contributed by atoms with E-state index in [2.05, 4.69) is 49.9 Å². The Kier molecular flexibility index (Phi) is 8.60. The molecule has 1 heterocycles. The van der Waals surface area contributed by atoms with Gasteiger partial charge >= 0.3 is 6.18 Å². The third-order valence-electron chi connectivity index (χ3n) is 6.14. The molecule has 1 atom stereocenters. The minimum absolute atomic E-state index is 0. The Balaban J connectivity index is 0.00000341. The van der Waals surface area contributed by atoms with Crippen molar-refractivity contribution < 1.29 is 18.3 Å². The summed E-state index contributed by atoms with van der Waals surface area (Å²) in [5, 5.41) is 11.0. The van der Waals surface area contributed by atoms with E-state index in [-0.39, 0.29) is 12.4 Å². The summed E-state index contributed by atoms with van der Waals surface area (Å²) in [7, 11) is 0. The molecular weight excluding hydrogens is 423 g/mol. The van der Waals surface area contributed by atoms with Crippen LogP contribution in [-0.2, 0) is 18.2 Å². The van der Waals surface area contributed by atoms with Gasteiger partial charge in [0, 0.05) is 19.6 Å². The number of hydrogen-bond donors (Lipinski definition) is 1. The molecule has 0 spiro atoms. The van der Waals surface area contributed by atoms with Crippen LogP contribution in [0.3, 0.4) is 0 Å². The highest BCUT2D eigenvalue weighted by atomic mass is 35.5. The summed E-state index contributed by atoms with van der Waals surface area (Å²) in [6, 6.07) is 13.9. The fraction of sp³-hybridized carbons (Fsp3) is 0.520. The van der Waals surface area contributed by atoms with Gasteiger partial charge in [-0.3, -0.25) is 0 Å². The van der Waals surface area contributed by atoms with E-state index in [0.717, 1.165) is 25.1 Å². The lowest BCUT2D eigenvalue weighted by atomic mass is 9.83. The van der Waals surface area contributed by atoms with Crippen LogP contribution in [0.25, 0.3) is 0 Å². The van der Waals surface area contributed by atoms with E-state index in [1.54, 1.807) is 6.07 Å². The van der Waals surface area contributed by atoms with Crippen LogP contribution in [0, 0.1) is 5.92 Å². The second-order valence-electron chi connectivity index (χ2n) is 9.15. The van der Waals surface area contributed by atoms with E-state index in [9.17, 15) is 18.3 Å². The van der Waals surface area contributed by atoms with Gasteiger partial charge in [-0.2, -0.15) is 13.2 Å². The van der Waals surface area contributed by atoms with Crippen molar-refractivity contribution in [2.45, 2.75) is 57.7 Å². The number of benzene rings is 2. The van der Waals surface area contributed by atoms with Gasteiger partial charge in [0.1, 0.15) is 0 Å². The number of alkyl halides is 3. The number of rotatable bonds is 6. The molecule has 0 saturated carbocycles. The van der Waals surface area contributed by atoms with E-state index in [4.69, 9.17) is 0 Å². The molecular formula is C25H33ClF3NO. The van der Waals surface area contributed by atoms with E-state index in [1.807, 2.05) is 0 Å². The van der Waals surface area contributed by atoms with E-state index < -0.39 is 17.3 Å². The summed E-state index contributed by atoms with van der Waals surface area (Å²) in [5.74, 6) is 0.995. The molecule has 0 aliphatic carbocycles. The van der Waals surface area contributed by atoms with Crippen molar-refractivity contribution in [2.24, 2.45) is 5.92 Å². The lowest BCUT2D eigenvalue weighted by Crippen LogP contribution is -2.43. The number of nitrogens with zero attached hydrogens (tertiary/aromatic N) is 1. The highest BCUT2D eigenvalue weighted by Crippen LogP contribution is 2.37. The molecule has 0 unspecified atom stereocenters. The van der Waals surface area contributed by atoms with Gasteiger partial charge in [0.2, 0.25) is 0 Å². The molecule has 1 saturated heterocycles. The second-order valence-corrected chi connectivity index (χ2v) is 9.15. The van der Waals surface area contributed by atoms with E-state index >= 15 is 0 Å². The van der Waals surface area contributed by atoms with Crippen molar-refractivity contribution in [3.63, 3.8) is 0 Å². The van der Waals surface area contributed by atoms with Gasteiger partial charge in [0.25, 0.3) is 0 Å². The highest BCUT2D eigenvalue weighted by molar-refractivity contribution is 5.85. The van der Waals surface area contributed by atoms with Crippen LogP contribution in [-0.4, -0.2) is 29.6 Å². The average molecular weight is 456 g/mol. The van der Waals surface area contributed by atoms with Crippen LogP contribution < -0.4 is 0 Å². The number of halogens is 4. The summed E-state index contributed by atoms with van der Waals surface area (Å²) in [4.78, 5) is 2.30. The zero-order valence-corrected chi connectivity index (χ0v) is 19.3. The molecule has 1 aliphatic rings. The van der Waals surface area contributed by atoms with Gasteiger partial charge in [-0.1, -0.05) is 57.2 Å². The van der Waals surface area contributed by atoms with Crippen LogP contribution in [0.1, 0.15) is 61.8 Å². The molecule has 3 rings (SSSR count). The minimum Gasteiger partial charge on any atom is -0.385 e. The monoisotopic (exact) mass is 455 g/mol. The molecule has 0 radical (unpaired) electrons. The van der Waals surface area contributed by atoms with Gasteiger partial charge in [0.15, 0.2) is 0 Å². The van der Waals surface area contributed by atoms with Crippen molar-refractivity contribution in [2.75, 3.05) is 19.6 Å². The van der Waals surface area contributed by atoms with Crippen molar-refractivity contribution in [3.8, 4) is 0 Å². The van der Waals surface area contributed by atoms with Crippen LogP contribution in [0.2, 0.25) is 0 Å². The first-order valence-corrected chi connectivity index (χ1v) is 10.8. The summed E-state index contributed by atoms with van der Waals surface area (Å²) >= 11 is 0. The summed E-state index contributed by atoms with van der Waals surface area (Å²) < 4.78 is 39.1. The third kappa shape index (κ3) is 6.71. The van der Waals surface area contributed by atoms with Crippen molar-refractivity contribution >= 4 is 12.4 Å². The molecule has 2 nitrogen and oxygen atoms in total. The Bertz CT molecular complexity index is 827. The third-order valence-corrected chi connectivity index (χ3v) is 6.14. The largest absolute Gasteiger partial charge is 0.416 e. The molecule has 0 bridgehead atoms. The molecule has 1 aliphatic heterocycles. The molecule has 31 heavy (non-hydrogen) atoms. The second kappa shape index (κ2) is 10.4. The quantitative estimate of drug-likeness (QED) is 0.543. The smallest absolute Gasteiger partial charge is 0.385 e. The Morgan fingerprint density at radius 1 is 1.00 bits per heavy atom. The first-order chi connectivity index (χ1) is 14.1. The van der Waals surface area contributed by atoms with Gasteiger partial charge in [0.05, 0.1) is 11.2 Å². The molecule has 0 amide bonds. The number of aliphatic hydroxyl groups is 1. The van der Waals surface area contributed by atoms with Crippen molar-refractivity contribution in [3.05, 3.63) is 70.8 Å². The lowest BCUT2D eigenvalue weighted by Gasteiger charge is -2.39. The molecule has 2 aromatic carbocycles. The Morgan fingerprint density at radius 2 is 1.61 bits per heavy atom.